The fraction of sp³-hybridized carbons (Fsp3) is 0.500. The molecular weight excluding hydrogens is 508 g/mol. The zero-order chi connectivity index (χ0) is 25.0. The number of rotatable bonds is 7. The van der Waals surface area contributed by atoms with E-state index in [-0.39, 0.29) is 29.4 Å². The highest BCUT2D eigenvalue weighted by atomic mass is 79.9. The van der Waals surface area contributed by atoms with Crippen LogP contribution in [0.4, 0.5) is 4.79 Å². The molecule has 35 heavy (non-hydrogen) atoms. The first-order chi connectivity index (χ1) is 16.8. The summed E-state index contributed by atoms with van der Waals surface area (Å²) in [6.07, 6.45) is 3.15. The predicted molar refractivity (Wildman–Crippen MR) is 140 cm³/mol. The zero-order valence-electron chi connectivity index (χ0n) is 20.8. The lowest BCUT2D eigenvalue weighted by Crippen LogP contribution is -2.48. The highest BCUT2D eigenvalue weighted by Gasteiger charge is 2.47. The van der Waals surface area contributed by atoms with Gasteiger partial charge in [-0.2, -0.15) is 0 Å². The van der Waals surface area contributed by atoms with Crippen LogP contribution in [0.25, 0.3) is 0 Å². The molecule has 0 bridgehead atoms. The molecule has 4 rings (SSSR count). The van der Waals surface area contributed by atoms with Gasteiger partial charge < -0.3 is 19.7 Å². The number of ether oxygens (including phenoxy) is 2. The molecule has 1 N–H and O–H groups in total. The summed E-state index contributed by atoms with van der Waals surface area (Å²) >= 11 is 3.78. The van der Waals surface area contributed by atoms with E-state index in [1.165, 1.54) is 11.1 Å². The van der Waals surface area contributed by atoms with Crippen molar-refractivity contribution in [1.82, 2.24) is 10.2 Å². The summed E-state index contributed by atoms with van der Waals surface area (Å²) in [7, 11) is 0. The molecule has 0 aromatic heterocycles. The minimum Gasteiger partial charge on any atom is -0.491 e. The fourth-order valence-corrected chi connectivity index (χ4v) is 6.42. The Morgan fingerprint density at radius 3 is 2.60 bits per heavy atom. The molecule has 1 saturated heterocycles. The first-order valence-electron chi connectivity index (χ1n) is 12.5. The summed E-state index contributed by atoms with van der Waals surface area (Å²) in [4.78, 5) is 27.2. The van der Waals surface area contributed by atoms with E-state index in [2.05, 4.69) is 33.4 Å². The number of halogens is 1. The number of benzene rings is 2. The molecule has 1 spiro atoms. The monoisotopic (exact) mass is 542 g/mol. The molecular formula is C28H35BrN2O4. The lowest BCUT2D eigenvalue weighted by molar-refractivity contribution is -0.143. The maximum atomic E-state index is 13.0. The van der Waals surface area contributed by atoms with Gasteiger partial charge in [0.25, 0.3) is 0 Å². The number of amides is 2. The second-order valence-electron chi connectivity index (χ2n) is 9.81. The van der Waals surface area contributed by atoms with Crippen molar-refractivity contribution in [2.45, 2.75) is 70.4 Å². The SMILES string of the molecule is CCOC(=O)CC1CC2(CCN(C(=O)NCc3ccccc3OC(C)C)CC2)c2c(Br)cccc21. The number of nitrogens with one attached hydrogen (secondary N) is 1. The van der Waals surface area contributed by atoms with Gasteiger partial charge in [0.2, 0.25) is 0 Å². The molecule has 1 unspecified atom stereocenters. The van der Waals surface area contributed by atoms with Crippen LogP contribution in [-0.2, 0) is 21.5 Å². The topological polar surface area (TPSA) is 67.9 Å². The van der Waals surface area contributed by atoms with E-state index in [4.69, 9.17) is 9.47 Å². The van der Waals surface area contributed by atoms with Crippen LogP contribution >= 0.6 is 15.9 Å². The van der Waals surface area contributed by atoms with Gasteiger partial charge in [-0.05, 0) is 69.2 Å². The van der Waals surface area contributed by atoms with Crippen molar-refractivity contribution in [2.75, 3.05) is 19.7 Å². The molecule has 6 nitrogen and oxygen atoms in total. The van der Waals surface area contributed by atoms with E-state index in [0.29, 0.717) is 32.7 Å². The highest BCUT2D eigenvalue weighted by Crippen LogP contribution is 2.55. The first kappa shape index (κ1) is 25.5. The van der Waals surface area contributed by atoms with Crippen molar-refractivity contribution in [2.24, 2.45) is 0 Å². The minimum absolute atomic E-state index is 0.0267. The van der Waals surface area contributed by atoms with Gasteiger partial charge in [0.1, 0.15) is 5.75 Å². The summed E-state index contributed by atoms with van der Waals surface area (Å²) < 4.78 is 12.2. The molecule has 0 radical (unpaired) electrons. The average molecular weight is 544 g/mol. The molecule has 7 heteroatoms. The number of hydrogen-bond donors (Lipinski definition) is 1. The predicted octanol–water partition coefficient (Wildman–Crippen LogP) is 5.92. The number of nitrogens with zero attached hydrogens (tertiary/aromatic N) is 1. The standard InChI is InChI=1S/C28H35BrN2O4/c1-4-34-25(32)16-21-17-28(26-22(21)9-7-10-23(26)29)12-14-31(15-13-28)27(33)30-18-20-8-5-6-11-24(20)35-19(2)3/h5-11,19,21H,4,12-18H2,1-3H3,(H,30,33). The molecule has 2 aliphatic rings. The third-order valence-corrected chi connectivity index (χ3v) is 7.81. The van der Waals surface area contributed by atoms with Crippen LogP contribution < -0.4 is 10.1 Å². The van der Waals surface area contributed by atoms with E-state index >= 15 is 0 Å². The summed E-state index contributed by atoms with van der Waals surface area (Å²) in [5.74, 6) is 0.818. The normalized spacial score (nSPS) is 18.4. The quantitative estimate of drug-likeness (QED) is 0.441. The number of fused-ring (bicyclic) bond motifs is 2. The Hall–Kier alpha value is -2.54. The smallest absolute Gasteiger partial charge is 0.317 e. The number of piperidine rings is 1. The van der Waals surface area contributed by atoms with Crippen LogP contribution in [0.2, 0.25) is 0 Å². The number of hydrogen-bond acceptors (Lipinski definition) is 4. The highest BCUT2D eigenvalue weighted by molar-refractivity contribution is 9.10. The van der Waals surface area contributed by atoms with Gasteiger partial charge in [-0.15, -0.1) is 0 Å². The largest absolute Gasteiger partial charge is 0.491 e. The maximum absolute atomic E-state index is 13.0. The van der Waals surface area contributed by atoms with E-state index in [1.54, 1.807) is 0 Å². The number of likely N-dealkylation sites (tertiary alicyclic amines) is 1. The Morgan fingerprint density at radius 1 is 1.14 bits per heavy atom. The van der Waals surface area contributed by atoms with Gasteiger partial charge in [-0.1, -0.05) is 46.3 Å². The van der Waals surface area contributed by atoms with Crippen LogP contribution in [0.15, 0.2) is 46.9 Å². The Morgan fingerprint density at radius 2 is 1.89 bits per heavy atom. The van der Waals surface area contributed by atoms with Gasteiger partial charge in [0, 0.05) is 35.1 Å². The van der Waals surface area contributed by atoms with Gasteiger partial charge in [-0.25, -0.2) is 4.79 Å². The van der Waals surface area contributed by atoms with Crippen LogP contribution in [-0.4, -0.2) is 42.7 Å². The lowest BCUT2D eigenvalue weighted by atomic mass is 9.73. The molecule has 1 fully saturated rings. The third-order valence-electron chi connectivity index (χ3n) is 7.14. The molecule has 1 atom stereocenters. The lowest BCUT2D eigenvalue weighted by Gasteiger charge is -2.40. The first-order valence-corrected chi connectivity index (χ1v) is 13.3. The number of carbonyl (C=O) groups is 2. The molecule has 2 aromatic carbocycles. The van der Waals surface area contributed by atoms with Crippen LogP contribution in [0.3, 0.4) is 0 Å². The van der Waals surface area contributed by atoms with Crippen LogP contribution in [0.1, 0.15) is 69.1 Å². The minimum atomic E-state index is -0.140. The molecule has 1 heterocycles. The number of para-hydroxylation sites is 1. The summed E-state index contributed by atoms with van der Waals surface area (Å²) in [5.41, 5.74) is 3.50. The van der Waals surface area contributed by atoms with Crippen LogP contribution in [0, 0.1) is 0 Å². The van der Waals surface area contributed by atoms with E-state index in [9.17, 15) is 9.59 Å². The second kappa shape index (κ2) is 11.0. The fourth-order valence-electron chi connectivity index (χ4n) is 5.62. The summed E-state index contributed by atoms with van der Waals surface area (Å²) in [5, 5.41) is 3.08. The summed E-state index contributed by atoms with van der Waals surface area (Å²) in [6.45, 7) is 8.03. The molecule has 2 amide bonds. The Balaban J connectivity index is 1.41. The number of urea groups is 1. The molecule has 1 aliphatic heterocycles. The molecule has 2 aromatic rings. The molecule has 1 aliphatic carbocycles. The molecule has 188 valence electrons. The van der Waals surface area contributed by atoms with Crippen molar-refractivity contribution in [1.29, 1.82) is 0 Å². The molecule has 0 saturated carbocycles. The zero-order valence-corrected chi connectivity index (χ0v) is 22.4. The van der Waals surface area contributed by atoms with Gasteiger partial charge >= 0.3 is 12.0 Å². The number of carbonyl (C=O) groups excluding carboxylic acids is 2. The van der Waals surface area contributed by atoms with E-state index in [0.717, 1.165) is 35.0 Å². The van der Waals surface area contributed by atoms with Crippen molar-refractivity contribution in [3.05, 3.63) is 63.6 Å². The van der Waals surface area contributed by atoms with Crippen molar-refractivity contribution < 1.29 is 19.1 Å². The van der Waals surface area contributed by atoms with Gasteiger partial charge in [0.15, 0.2) is 0 Å². The maximum Gasteiger partial charge on any atom is 0.317 e. The van der Waals surface area contributed by atoms with E-state index in [1.807, 2.05) is 56.0 Å². The second-order valence-corrected chi connectivity index (χ2v) is 10.7. The number of esters is 1. The van der Waals surface area contributed by atoms with Crippen LogP contribution in [0.5, 0.6) is 5.75 Å². The Bertz CT molecular complexity index is 1060. The Labute approximate surface area is 216 Å². The average Bonchev–Trinajstić information content (AvgIpc) is 3.12. The van der Waals surface area contributed by atoms with E-state index < -0.39 is 0 Å². The Kier molecular flexibility index (Phi) is 8.05. The summed E-state index contributed by atoms with van der Waals surface area (Å²) in [6, 6.07) is 14.1. The third kappa shape index (κ3) is 5.66. The van der Waals surface area contributed by atoms with Crippen molar-refractivity contribution >= 4 is 27.9 Å². The van der Waals surface area contributed by atoms with Crippen molar-refractivity contribution in [3.63, 3.8) is 0 Å². The van der Waals surface area contributed by atoms with Gasteiger partial charge in [0.05, 0.1) is 19.1 Å². The van der Waals surface area contributed by atoms with Crippen molar-refractivity contribution in [3.8, 4) is 5.75 Å². The van der Waals surface area contributed by atoms with Gasteiger partial charge in [-0.3, -0.25) is 4.79 Å².